The predicted molar refractivity (Wildman–Crippen MR) is 105 cm³/mol. The molecule has 1 aromatic heterocycles. The largest absolute Gasteiger partial charge is 0.377 e. The zero-order chi connectivity index (χ0) is 18.2. The predicted octanol–water partition coefficient (Wildman–Crippen LogP) is 2.31. The smallest absolute Gasteiger partial charge is 0.191 e. The molecule has 6 nitrogen and oxygen atoms in total. The molecule has 0 aliphatic carbocycles. The summed E-state index contributed by atoms with van der Waals surface area (Å²) in [7, 11) is 1.83. The number of nitrogens with one attached hydrogen (secondary N) is 2. The minimum atomic E-state index is 0.319. The summed E-state index contributed by atoms with van der Waals surface area (Å²) >= 11 is 1.75. The van der Waals surface area contributed by atoms with Crippen molar-refractivity contribution < 1.29 is 4.74 Å². The number of nitrogens with zero attached hydrogens (tertiary/aromatic N) is 3. The molecular weight excluding hydrogens is 334 g/mol. The highest BCUT2D eigenvalue weighted by Gasteiger charge is 2.19. The fraction of sp³-hybridized carbons (Fsp3) is 0.778. The van der Waals surface area contributed by atoms with Gasteiger partial charge in [-0.3, -0.25) is 4.99 Å². The van der Waals surface area contributed by atoms with Gasteiger partial charge in [-0.25, -0.2) is 4.98 Å². The Hall–Kier alpha value is -1.18. The number of aryl methyl sites for hydroxylation is 2. The van der Waals surface area contributed by atoms with E-state index in [1.54, 1.807) is 11.3 Å². The molecule has 0 bridgehead atoms. The molecule has 1 aliphatic rings. The van der Waals surface area contributed by atoms with E-state index in [2.05, 4.69) is 53.2 Å². The molecule has 2 heterocycles. The van der Waals surface area contributed by atoms with Crippen LogP contribution in [0.4, 0.5) is 0 Å². The van der Waals surface area contributed by atoms with Gasteiger partial charge in [-0.05, 0) is 40.5 Å². The molecule has 1 aromatic rings. The molecule has 7 heteroatoms. The molecule has 25 heavy (non-hydrogen) atoms. The third-order valence-electron chi connectivity index (χ3n) is 4.49. The lowest BCUT2D eigenvalue weighted by atomic mass is 10.1. The first-order valence-electron chi connectivity index (χ1n) is 9.22. The van der Waals surface area contributed by atoms with Crippen LogP contribution in [0.25, 0.3) is 0 Å². The van der Waals surface area contributed by atoms with Crippen LogP contribution in [0.15, 0.2) is 4.99 Å². The molecule has 0 radical (unpaired) electrons. The Morgan fingerprint density at radius 1 is 1.36 bits per heavy atom. The third kappa shape index (κ3) is 6.92. The summed E-state index contributed by atoms with van der Waals surface area (Å²) in [6.07, 6.45) is 2.59. The van der Waals surface area contributed by atoms with Gasteiger partial charge in [0.1, 0.15) is 5.01 Å². The van der Waals surface area contributed by atoms with Gasteiger partial charge in [0.2, 0.25) is 0 Å². The monoisotopic (exact) mass is 367 g/mol. The summed E-state index contributed by atoms with van der Waals surface area (Å²) in [5.41, 5.74) is 1.12. The number of guanidine groups is 1. The lowest BCUT2D eigenvalue weighted by Crippen LogP contribution is -2.49. The van der Waals surface area contributed by atoms with Crippen LogP contribution >= 0.6 is 11.3 Å². The Morgan fingerprint density at radius 3 is 2.64 bits per heavy atom. The number of ether oxygens (including phenoxy) is 1. The maximum Gasteiger partial charge on any atom is 0.191 e. The zero-order valence-electron chi connectivity index (χ0n) is 16.3. The molecule has 2 N–H and O–H groups in total. The minimum absolute atomic E-state index is 0.319. The summed E-state index contributed by atoms with van der Waals surface area (Å²) in [5, 5.41) is 8.04. The van der Waals surface area contributed by atoms with Gasteiger partial charge >= 0.3 is 0 Å². The summed E-state index contributed by atoms with van der Waals surface area (Å²) in [5.74, 6) is 0.868. The average molecular weight is 368 g/mol. The van der Waals surface area contributed by atoms with Crippen molar-refractivity contribution >= 4 is 17.3 Å². The van der Waals surface area contributed by atoms with Gasteiger partial charge in [0.25, 0.3) is 0 Å². The van der Waals surface area contributed by atoms with Gasteiger partial charge in [0, 0.05) is 37.6 Å². The van der Waals surface area contributed by atoms with Crippen molar-refractivity contribution in [2.24, 2.45) is 4.99 Å². The van der Waals surface area contributed by atoms with E-state index in [4.69, 9.17) is 4.74 Å². The normalized spacial score (nSPS) is 17.3. The average Bonchev–Trinajstić information content (AvgIpc) is 2.90. The van der Waals surface area contributed by atoms with Crippen molar-refractivity contribution in [2.75, 3.05) is 33.3 Å². The van der Waals surface area contributed by atoms with Gasteiger partial charge in [0.15, 0.2) is 5.96 Å². The first-order chi connectivity index (χ1) is 12.0. The second kappa shape index (κ2) is 10.1. The highest BCUT2D eigenvalue weighted by molar-refractivity contribution is 7.11. The Labute approximate surface area is 156 Å². The second-order valence-electron chi connectivity index (χ2n) is 6.85. The highest BCUT2D eigenvalue weighted by atomic mass is 32.1. The molecule has 0 spiro atoms. The van der Waals surface area contributed by atoms with Crippen LogP contribution in [-0.2, 0) is 11.3 Å². The molecule has 0 atom stereocenters. The van der Waals surface area contributed by atoms with E-state index in [0.29, 0.717) is 12.1 Å². The van der Waals surface area contributed by atoms with Crippen molar-refractivity contribution in [1.82, 2.24) is 20.5 Å². The Bertz CT molecular complexity index is 530. The molecule has 1 saturated heterocycles. The van der Waals surface area contributed by atoms with Crippen LogP contribution in [0.2, 0.25) is 0 Å². The van der Waals surface area contributed by atoms with E-state index in [0.717, 1.165) is 62.3 Å². The Kier molecular flexibility index (Phi) is 8.12. The van der Waals surface area contributed by atoms with E-state index < -0.39 is 0 Å². The molecule has 0 amide bonds. The Morgan fingerprint density at radius 2 is 2.08 bits per heavy atom. The number of aromatic nitrogens is 1. The van der Waals surface area contributed by atoms with Gasteiger partial charge in [-0.2, -0.15) is 0 Å². The van der Waals surface area contributed by atoms with Crippen LogP contribution in [-0.4, -0.2) is 61.3 Å². The molecule has 0 saturated carbocycles. The number of hydrogen-bond acceptors (Lipinski definition) is 5. The van der Waals surface area contributed by atoms with Gasteiger partial charge in [-0.1, -0.05) is 0 Å². The zero-order valence-corrected chi connectivity index (χ0v) is 17.1. The number of thiazole rings is 1. The number of hydrogen-bond donors (Lipinski definition) is 2. The van der Waals surface area contributed by atoms with Crippen LogP contribution < -0.4 is 10.6 Å². The van der Waals surface area contributed by atoms with Crippen molar-refractivity contribution in [3.8, 4) is 0 Å². The van der Waals surface area contributed by atoms with Crippen LogP contribution in [0, 0.1) is 13.8 Å². The first kappa shape index (κ1) is 20.1. The minimum Gasteiger partial charge on any atom is -0.377 e. The second-order valence-corrected chi connectivity index (χ2v) is 8.14. The van der Waals surface area contributed by atoms with E-state index in [1.165, 1.54) is 4.88 Å². The Balaban J connectivity index is 1.68. The van der Waals surface area contributed by atoms with Crippen LogP contribution in [0.5, 0.6) is 0 Å². The molecule has 0 aromatic carbocycles. The SMILES string of the molecule is CN=C(NCc1nc(C)c(C)s1)NC1CCN(CCOC(C)C)CC1. The van der Waals surface area contributed by atoms with E-state index in [9.17, 15) is 0 Å². The molecule has 1 fully saturated rings. The molecule has 2 rings (SSSR count). The first-order valence-corrected chi connectivity index (χ1v) is 10.0. The van der Waals surface area contributed by atoms with Crippen LogP contribution in [0.1, 0.15) is 42.3 Å². The number of likely N-dealkylation sites (tertiary alicyclic amines) is 1. The van der Waals surface area contributed by atoms with Gasteiger partial charge in [0.05, 0.1) is 24.9 Å². The van der Waals surface area contributed by atoms with Gasteiger partial charge in [-0.15, -0.1) is 11.3 Å². The fourth-order valence-electron chi connectivity index (χ4n) is 2.88. The van der Waals surface area contributed by atoms with Crippen molar-refractivity contribution in [1.29, 1.82) is 0 Å². The number of aliphatic imine (C=N–C) groups is 1. The highest BCUT2D eigenvalue weighted by Crippen LogP contribution is 2.16. The third-order valence-corrected chi connectivity index (χ3v) is 5.56. The molecule has 1 aliphatic heterocycles. The van der Waals surface area contributed by atoms with Crippen LogP contribution in [0.3, 0.4) is 0 Å². The standard InChI is InChI=1S/C18H33N5OS/c1-13(2)24-11-10-23-8-6-16(7-9-23)22-18(19-5)20-12-17-21-14(3)15(4)25-17/h13,16H,6-12H2,1-5H3,(H2,19,20,22). The van der Waals surface area contributed by atoms with E-state index in [-0.39, 0.29) is 0 Å². The van der Waals surface area contributed by atoms with E-state index in [1.807, 2.05) is 7.05 Å². The molecular formula is C18H33N5OS. The van der Waals surface area contributed by atoms with Crippen molar-refractivity contribution in [2.45, 2.75) is 59.2 Å². The quantitative estimate of drug-likeness (QED) is 0.572. The lowest BCUT2D eigenvalue weighted by molar-refractivity contribution is 0.0532. The molecule has 0 unspecified atom stereocenters. The summed E-state index contributed by atoms with van der Waals surface area (Å²) in [4.78, 5) is 12.7. The number of rotatable bonds is 7. The summed E-state index contributed by atoms with van der Waals surface area (Å²) in [6, 6.07) is 0.480. The topological polar surface area (TPSA) is 61.8 Å². The lowest BCUT2D eigenvalue weighted by Gasteiger charge is -2.33. The maximum atomic E-state index is 5.65. The molecule has 142 valence electrons. The fourth-order valence-corrected chi connectivity index (χ4v) is 3.75. The summed E-state index contributed by atoms with van der Waals surface area (Å²) < 4.78 is 5.65. The van der Waals surface area contributed by atoms with Crippen molar-refractivity contribution in [3.05, 3.63) is 15.6 Å². The number of piperidine rings is 1. The maximum absolute atomic E-state index is 5.65. The van der Waals surface area contributed by atoms with Gasteiger partial charge < -0.3 is 20.3 Å². The van der Waals surface area contributed by atoms with E-state index >= 15 is 0 Å². The van der Waals surface area contributed by atoms with Crippen molar-refractivity contribution in [3.63, 3.8) is 0 Å². The summed E-state index contributed by atoms with van der Waals surface area (Å²) in [6.45, 7) is 13.1.